The summed E-state index contributed by atoms with van der Waals surface area (Å²) >= 11 is 7.43. The van der Waals surface area contributed by atoms with Gasteiger partial charge < -0.3 is 9.88 Å². The average molecular weight is 443 g/mol. The quantitative estimate of drug-likeness (QED) is 0.444. The molecule has 30 heavy (non-hydrogen) atoms. The first-order valence-corrected chi connectivity index (χ1v) is 11.5. The van der Waals surface area contributed by atoms with Crippen molar-refractivity contribution in [3.63, 3.8) is 0 Å². The number of aromatic nitrogens is 3. The zero-order valence-corrected chi connectivity index (χ0v) is 19.3. The van der Waals surface area contributed by atoms with Crippen molar-refractivity contribution in [3.05, 3.63) is 58.6 Å². The van der Waals surface area contributed by atoms with E-state index >= 15 is 0 Å². The molecule has 3 aromatic rings. The number of hydrogen-bond donors (Lipinski definition) is 1. The summed E-state index contributed by atoms with van der Waals surface area (Å²) in [4.78, 5) is 12.6. The van der Waals surface area contributed by atoms with Crippen LogP contribution < -0.4 is 5.32 Å². The second-order valence-electron chi connectivity index (χ2n) is 7.62. The predicted molar refractivity (Wildman–Crippen MR) is 125 cm³/mol. The molecule has 2 aromatic carbocycles. The minimum atomic E-state index is -0.0452. The second-order valence-corrected chi connectivity index (χ2v) is 9.00. The zero-order valence-electron chi connectivity index (χ0n) is 17.8. The van der Waals surface area contributed by atoms with Crippen LogP contribution in [0.4, 0.5) is 5.69 Å². The fraction of sp³-hybridized carbons (Fsp3) is 0.348. The molecule has 0 fully saturated rings. The van der Waals surface area contributed by atoms with E-state index in [0.29, 0.717) is 10.9 Å². The summed E-state index contributed by atoms with van der Waals surface area (Å²) in [5, 5.41) is 13.2. The number of nitrogens with zero attached hydrogens (tertiary/aromatic N) is 3. The molecular weight excluding hydrogens is 416 g/mol. The SMILES string of the molecule is CCc1cccc(C)c1NC(=O)CSc1nnc(-c2ccc(Cl)cc2)n1CC(C)C. The molecule has 158 valence electrons. The van der Waals surface area contributed by atoms with E-state index in [-0.39, 0.29) is 11.7 Å². The van der Waals surface area contributed by atoms with E-state index in [2.05, 4.69) is 40.9 Å². The van der Waals surface area contributed by atoms with E-state index in [1.165, 1.54) is 11.8 Å². The molecule has 0 aliphatic heterocycles. The molecule has 0 spiro atoms. The van der Waals surface area contributed by atoms with Gasteiger partial charge in [-0.3, -0.25) is 4.79 Å². The highest BCUT2D eigenvalue weighted by atomic mass is 35.5. The Morgan fingerprint density at radius 1 is 1.17 bits per heavy atom. The minimum absolute atomic E-state index is 0.0452. The van der Waals surface area contributed by atoms with Crippen LogP contribution in [0, 0.1) is 12.8 Å². The van der Waals surface area contributed by atoms with Crippen LogP contribution in [-0.2, 0) is 17.8 Å². The standard InChI is InChI=1S/C23H27ClN4OS/c1-5-17-8-6-7-16(4)21(17)25-20(29)14-30-23-27-26-22(28(23)13-15(2)3)18-9-11-19(24)12-10-18/h6-12,15H,5,13-14H2,1-4H3,(H,25,29). The van der Waals surface area contributed by atoms with Crippen molar-refractivity contribution in [1.29, 1.82) is 0 Å². The lowest BCUT2D eigenvalue weighted by Crippen LogP contribution is -2.17. The molecule has 5 nitrogen and oxygen atoms in total. The van der Waals surface area contributed by atoms with E-state index in [4.69, 9.17) is 11.6 Å². The maximum atomic E-state index is 12.6. The number of nitrogens with one attached hydrogen (secondary N) is 1. The van der Waals surface area contributed by atoms with Gasteiger partial charge in [-0.2, -0.15) is 0 Å². The Balaban J connectivity index is 1.76. The molecule has 0 saturated carbocycles. The van der Waals surface area contributed by atoms with Crippen LogP contribution in [0.2, 0.25) is 5.02 Å². The molecular formula is C23H27ClN4OS. The molecule has 0 radical (unpaired) electrons. The smallest absolute Gasteiger partial charge is 0.234 e. The Morgan fingerprint density at radius 2 is 1.90 bits per heavy atom. The number of carbonyl (C=O) groups excluding carboxylic acids is 1. The number of halogens is 1. The average Bonchev–Trinajstić information content (AvgIpc) is 3.10. The first-order valence-electron chi connectivity index (χ1n) is 10.1. The third-order valence-electron chi connectivity index (χ3n) is 4.70. The largest absolute Gasteiger partial charge is 0.325 e. The van der Waals surface area contributed by atoms with Crippen molar-refractivity contribution in [3.8, 4) is 11.4 Å². The van der Waals surface area contributed by atoms with Gasteiger partial charge >= 0.3 is 0 Å². The number of carbonyl (C=O) groups is 1. The van der Waals surface area contributed by atoms with Crippen LogP contribution in [-0.4, -0.2) is 26.4 Å². The fourth-order valence-electron chi connectivity index (χ4n) is 3.25. The topological polar surface area (TPSA) is 59.8 Å². The number of aryl methyl sites for hydroxylation is 2. The molecule has 0 bridgehead atoms. The highest BCUT2D eigenvalue weighted by molar-refractivity contribution is 7.99. The van der Waals surface area contributed by atoms with Gasteiger partial charge in [-0.25, -0.2) is 0 Å². The first-order chi connectivity index (χ1) is 14.4. The van der Waals surface area contributed by atoms with Crippen molar-refractivity contribution in [2.75, 3.05) is 11.1 Å². The van der Waals surface area contributed by atoms with Gasteiger partial charge in [0.15, 0.2) is 11.0 Å². The van der Waals surface area contributed by atoms with Gasteiger partial charge in [-0.1, -0.05) is 62.3 Å². The maximum absolute atomic E-state index is 12.6. The molecule has 1 N–H and O–H groups in total. The lowest BCUT2D eigenvalue weighted by atomic mass is 10.1. The van der Waals surface area contributed by atoms with Gasteiger partial charge in [0.1, 0.15) is 0 Å². The molecule has 0 aliphatic rings. The summed E-state index contributed by atoms with van der Waals surface area (Å²) in [5.41, 5.74) is 4.08. The lowest BCUT2D eigenvalue weighted by molar-refractivity contribution is -0.113. The van der Waals surface area contributed by atoms with E-state index in [0.717, 1.165) is 46.3 Å². The Kier molecular flexibility index (Phi) is 7.56. The molecule has 1 amide bonds. The summed E-state index contributed by atoms with van der Waals surface area (Å²) in [5.74, 6) is 1.43. The molecule has 3 rings (SSSR count). The monoisotopic (exact) mass is 442 g/mol. The van der Waals surface area contributed by atoms with Gasteiger partial charge in [0.2, 0.25) is 5.91 Å². The van der Waals surface area contributed by atoms with Crippen LogP contribution >= 0.6 is 23.4 Å². The predicted octanol–water partition coefficient (Wildman–Crippen LogP) is 5.86. The number of amides is 1. The molecule has 0 aliphatic carbocycles. The van der Waals surface area contributed by atoms with Crippen LogP contribution in [0.1, 0.15) is 31.9 Å². The minimum Gasteiger partial charge on any atom is -0.325 e. The van der Waals surface area contributed by atoms with Crippen molar-refractivity contribution in [2.24, 2.45) is 5.92 Å². The highest BCUT2D eigenvalue weighted by Gasteiger charge is 2.17. The Hall–Kier alpha value is -2.31. The van der Waals surface area contributed by atoms with Gasteiger partial charge in [0, 0.05) is 22.8 Å². The molecule has 7 heteroatoms. The van der Waals surface area contributed by atoms with E-state index in [1.807, 2.05) is 49.4 Å². The van der Waals surface area contributed by atoms with Crippen LogP contribution in [0.25, 0.3) is 11.4 Å². The molecule has 1 aromatic heterocycles. The van der Waals surface area contributed by atoms with Crippen LogP contribution in [0.3, 0.4) is 0 Å². The van der Waals surface area contributed by atoms with Crippen molar-refractivity contribution in [2.45, 2.75) is 45.8 Å². The van der Waals surface area contributed by atoms with Crippen molar-refractivity contribution >= 4 is 35.0 Å². The molecule has 0 unspecified atom stereocenters. The van der Waals surface area contributed by atoms with E-state index < -0.39 is 0 Å². The van der Waals surface area contributed by atoms with Gasteiger partial charge in [-0.15, -0.1) is 10.2 Å². The Morgan fingerprint density at radius 3 is 2.57 bits per heavy atom. The van der Waals surface area contributed by atoms with E-state index in [9.17, 15) is 4.79 Å². The van der Waals surface area contributed by atoms with Gasteiger partial charge in [0.25, 0.3) is 0 Å². The van der Waals surface area contributed by atoms with Crippen LogP contribution in [0.5, 0.6) is 0 Å². The summed E-state index contributed by atoms with van der Waals surface area (Å²) < 4.78 is 2.08. The third-order valence-corrected chi connectivity index (χ3v) is 5.92. The number of thioether (sulfide) groups is 1. The fourth-order valence-corrected chi connectivity index (χ4v) is 4.12. The summed E-state index contributed by atoms with van der Waals surface area (Å²) in [7, 11) is 0. The number of hydrogen-bond acceptors (Lipinski definition) is 4. The molecule has 1 heterocycles. The van der Waals surface area contributed by atoms with E-state index in [1.54, 1.807) is 0 Å². The molecule has 0 saturated heterocycles. The Labute approximate surface area is 187 Å². The van der Waals surface area contributed by atoms with Crippen molar-refractivity contribution < 1.29 is 4.79 Å². The maximum Gasteiger partial charge on any atom is 0.234 e. The van der Waals surface area contributed by atoms with Crippen molar-refractivity contribution in [1.82, 2.24) is 14.8 Å². The second kappa shape index (κ2) is 10.1. The first kappa shape index (κ1) is 22.4. The van der Waals surface area contributed by atoms with Gasteiger partial charge in [0.05, 0.1) is 5.75 Å². The molecule has 0 atom stereocenters. The lowest BCUT2D eigenvalue weighted by Gasteiger charge is -2.14. The number of benzene rings is 2. The third kappa shape index (κ3) is 5.43. The Bertz CT molecular complexity index is 1010. The van der Waals surface area contributed by atoms with Gasteiger partial charge in [-0.05, 0) is 54.7 Å². The summed E-state index contributed by atoms with van der Waals surface area (Å²) in [6, 6.07) is 13.7. The van der Waals surface area contributed by atoms with Crippen LogP contribution in [0.15, 0.2) is 47.6 Å². The zero-order chi connectivity index (χ0) is 21.7. The summed E-state index contributed by atoms with van der Waals surface area (Å²) in [6.45, 7) is 9.17. The highest BCUT2D eigenvalue weighted by Crippen LogP contribution is 2.27. The number of para-hydroxylation sites is 1. The summed E-state index contributed by atoms with van der Waals surface area (Å²) in [6.07, 6.45) is 0.873. The number of anilines is 1. The number of rotatable bonds is 8. The normalized spacial score (nSPS) is 11.1.